The molecule has 2 aromatic carbocycles. The third kappa shape index (κ3) is 4.62. The number of ether oxygens (including phenoxy) is 1. The van der Waals surface area contributed by atoms with Gasteiger partial charge in [0.2, 0.25) is 5.91 Å². The van der Waals surface area contributed by atoms with Crippen LogP contribution in [0.4, 0.5) is 4.79 Å². The van der Waals surface area contributed by atoms with E-state index in [1.807, 2.05) is 29.2 Å². The average molecular weight is 478 g/mol. The average Bonchev–Trinajstić information content (AvgIpc) is 3.66. The van der Waals surface area contributed by atoms with Crippen molar-refractivity contribution in [2.24, 2.45) is 5.92 Å². The van der Waals surface area contributed by atoms with Crippen LogP contribution in [-0.4, -0.2) is 77.7 Å². The summed E-state index contributed by atoms with van der Waals surface area (Å²) in [5.41, 5.74) is 3.58. The van der Waals surface area contributed by atoms with Crippen molar-refractivity contribution in [2.75, 3.05) is 39.3 Å². The lowest BCUT2D eigenvalue weighted by Gasteiger charge is -2.39. The fraction of sp³-hybridized carbons (Fsp3) is 0.444. The largest absolute Gasteiger partial charge is 0.480 e. The van der Waals surface area contributed by atoms with Crippen LogP contribution in [0.1, 0.15) is 36.8 Å². The van der Waals surface area contributed by atoms with Crippen molar-refractivity contribution in [3.8, 4) is 11.1 Å². The summed E-state index contributed by atoms with van der Waals surface area (Å²) in [5, 5.41) is 11.9. The number of carbonyl (C=O) groups is 3. The number of nitrogens with zero attached hydrogens (tertiary/aromatic N) is 2. The predicted octanol–water partition coefficient (Wildman–Crippen LogP) is 2.92. The lowest BCUT2D eigenvalue weighted by Crippen LogP contribution is -2.62. The molecule has 0 bridgehead atoms. The second-order valence-corrected chi connectivity index (χ2v) is 9.89. The first-order valence-corrected chi connectivity index (χ1v) is 12.2. The van der Waals surface area contributed by atoms with Gasteiger partial charge >= 0.3 is 12.1 Å². The smallest absolute Gasteiger partial charge is 0.408 e. The molecule has 35 heavy (non-hydrogen) atoms. The van der Waals surface area contributed by atoms with Gasteiger partial charge in [0.05, 0.1) is 6.54 Å². The van der Waals surface area contributed by atoms with Crippen LogP contribution < -0.4 is 5.32 Å². The summed E-state index contributed by atoms with van der Waals surface area (Å²) in [6.45, 7) is 3.86. The molecule has 1 atom stereocenters. The number of piperazine rings is 1. The van der Waals surface area contributed by atoms with Crippen LogP contribution in [0.25, 0.3) is 11.1 Å². The maximum atomic E-state index is 13.5. The highest BCUT2D eigenvalue weighted by molar-refractivity contribution is 5.90. The lowest BCUT2D eigenvalue weighted by atomic mass is 9.93. The molecule has 0 spiro atoms. The van der Waals surface area contributed by atoms with Gasteiger partial charge in [-0.1, -0.05) is 48.5 Å². The molecular formula is C27H31N3O5. The van der Waals surface area contributed by atoms with Gasteiger partial charge in [0.1, 0.15) is 12.1 Å². The maximum Gasteiger partial charge on any atom is 0.408 e. The van der Waals surface area contributed by atoms with E-state index in [2.05, 4.69) is 29.6 Å². The number of carboxylic acids is 1. The predicted molar refractivity (Wildman–Crippen MR) is 130 cm³/mol. The molecule has 1 saturated carbocycles. The molecule has 184 valence electrons. The Morgan fingerprint density at radius 3 is 2.09 bits per heavy atom. The second kappa shape index (κ2) is 9.34. The van der Waals surface area contributed by atoms with Gasteiger partial charge in [-0.3, -0.25) is 14.5 Å². The quantitative estimate of drug-likeness (QED) is 0.636. The fourth-order valence-corrected chi connectivity index (χ4v) is 5.47. The van der Waals surface area contributed by atoms with E-state index in [9.17, 15) is 14.4 Å². The van der Waals surface area contributed by atoms with E-state index in [-0.39, 0.29) is 30.9 Å². The Labute approximate surface area is 204 Å². The van der Waals surface area contributed by atoms with Gasteiger partial charge < -0.3 is 20.1 Å². The minimum absolute atomic E-state index is 0.0279. The number of aliphatic carboxylic acids is 1. The van der Waals surface area contributed by atoms with E-state index < -0.39 is 17.6 Å². The first-order valence-electron chi connectivity index (χ1n) is 12.2. The summed E-state index contributed by atoms with van der Waals surface area (Å²) < 4.78 is 5.72. The number of hydrogen-bond acceptors (Lipinski definition) is 5. The van der Waals surface area contributed by atoms with Crippen molar-refractivity contribution in [2.45, 2.75) is 31.2 Å². The van der Waals surface area contributed by atoms with Crippen LogP contribution >= 0.6 is 0 Å². The monoisotopic (exact) mass is 477 g/mol. The Kier molecular flexibility index (Phi) is 6.23. The van der Waals surface area contributed by atoms with Gasteiger partial charge in [-0.2, -0.15) is 0 Å². The Morgan fingerprint density at radius 1 is 0.971 bits per heavy atom. The summed E-state index contributed by atoms with van der Waals surface area (Å²) in [6, 6.07) is 16.3. The van der Waals surface area contributed by atoms with Gasteiger partial charge in [0.15, 0.2) is 0 Å². The highest BCUT2D eigenvalue weighted by Gasteiger charge is 2.50. The maximum absolute atomic E-state index is 13.5. The minimum Gasteiger partial charge on any atom is -0.480 e. The van der Waals surface area contributed by atoms with Crippen LogP contribution in [0.2, 0.25) is 0 Å². The molecule has 0 radical (unpaired) electrons. The van der Waals surface area contributed by atoms with E-state index in [0.717, 1.165) is 35.1 Å². The van der Waals surface area contributed by atoms with Gasteiger partial charge in [0.25, 0.3) is 0 Å². The minimum atomic E-state index is -1.03. The van der Waals surface area contributed by atoms with Gasteiger partial charge in [-0.05, 0) is 47.9 Å². The summed E-state index contributed by atoms with van der Waals surface area (Å²) in [6.07, 6.45) is 1.18. The highest BCUT2D eigenvalue weighted by Crippen LogP contribution is 2.45. The third-order valence-corrected chi connectivity index (χ3v) is 7.56. The van der Waals surface area contributed by atoms with E-state index in [1.54, 1.807) is 11.8 Å². The summed E-state index contributed by atoms with van der Waals surface area (Å²) in [7, 11) is 0. The number of benzene rings is 2. The number of carboxylic acid groups (broad SMARTS) is 1. The van der Waals surface area contributed by atoms with E-state index in [0.29, 0.717) is 26.2 Å². The molecule has 2 fully saturated rings. The zero-order chi connectivity index (χ0) is 24.6. The number of nitrogens with one attached hydrogen (secondary N) is 1. The van der Waals surface area contributed by atoms with Crippen molar-refractivity contribution in [1.29, 1.82) is 0 Å². The van der Waals surface area contributed by atoms with Crippen molar-refractivity contribution in [3.05, 3.63) is 59.7 Å². The number of carbonyl (C=O) groups excluding carboxylic acids is 2. The van der Waals surface area contributed by atoms with Gasteiger partial charge in [0, 0.05) is 32.1 Å². The summed E-state index contributed by atoms with van der Waals surface area (Å²) in [5.74, 6) is -0.959. The molecule has 3 aliphatic rings. The Hall–Kier alpha value is -3.39. The SMILES string of the molecule is CC(NC(=O)OCC1c2ccccc2-c2ccccc21)(C(=O)N1CCN(CC(=O)O)CC1)C1CC1. The number of alkyl carbamates (subject to hydrolysis) is 1. The normalized spacial score (nSPS) is 19.4. The fourth-order valence-electron chi connectivity index (χ4n) is 5.47. The molecule has 2 N–H and O–H groups in total. The van der Waals surface area contributed by atoms with Crippen LogP contribution in [0.3, 0.4) is 0 Å². The van der Waals surface area contributed by atoms with E-state index in [4.69, 9.17) is 9.84 Å². The molecule has 1 heterocycles. The second-order valence-electron chi connectivity index (χ2n) is 9.89. The molecule has 1 saturated heterocycles. The van der Waals surface area contributed by atoms with Crippen molar-refractivity contribution < 1.29 is 24.2 Å². The molecule has 1 unspecified atom stereocenters. The number of amides is 2. The summed E-state index contributed by atoms with van der Waals surface area (Å²) in [4.78, 5) is 41.0. The number of fused-ring (bicyclic) bond motifs is 3. The highest BCUT2D eigenvalue weighted by atomic mass is 16.5. The van der Waals surface area contributed by atoms with Gasteiger partial charge in [-0.15, -0.1) is 0 Å². The first kappa shape index (κ1) is 23.4. The van der Waals surface area contributed by atoms with Crippen LogP contribution in [-0.2, 0) is 14.3 Å². The third-order valence-electron chi connectivity index (χ3n) is 7.56. The van der Waals surface area contributed by atoms with E-state index in [1.165, 1.54) is 0 Å². The van der Waals surface area contributed by atoms with Crippen LogP contribution in [0.15, 0.2) is 48.5 Å². The molecule has 1 aliphatic heterocycles. The first-order chi connectivity index (χ1) is 16.9. The molecular weight excluding hydrogens is 446 g/mol. The standard InChI is InChI=1S/C27H31N3O5/c1-27(18-10-11-18,25(33)30-14-12-29(13-15-30)16-24(31)32)28-26(34)35-17-23-21-8-4-2-6-19(21)20-7-3-5-9-22(20)23/h2-9,18,23H,10-17H2,1H3,(H,28,34)(H,31,32). The molecule has 8 nitrogen and oxygen atoms in total. The van der Waals surface area contributed by atoms with Crippen LogP contribution in [0, 0.1) is 5.92 Å². The zero-order valence-corrected chi connectivity index (χ0v) is 19.9. The lowest BCUT2D eigenvalue weighted by molar-refractivity contribution is -0.142. The molecule has 0 aromatic heterocycles. The van der Waals surface area contributed by atoms with E-state index >= 15 is 0 Å². The Bertz CT molecular complexity index is 1090. The number of hydrogen-bond donors (Lipinski definition) is 2. The Morgan fingerprint density at radius 2 is 1.54 bits per heavy atom. The topological polar surface area (TPSA) is 99.2 Å². The van der Waals surface area contributed by atoms with Crippen molar-refractivity contribution >= 4 is 18.0 Å². The Balaban J connectivity index is 1.23. The van der Waals surface area contributed by atoms with Crippen molar-refractivity contribution in [3.63, 3.8) is 0 Å². The van der Waals surface area contributed by atoms with Crippen molar-refractivity contribution in [1.82, 2.24) is 15.1 Å². The number of rotatable bonds is 7. The molecule has 5 rings (SSSR count). The van der Waals surface area contributed by atoms with Crippen LogP contribution in [0.5, 0.6) is 0 Å². The molecule has 2 aliphatic carbocycles. The molecule has 8 heteroatoms. The molecule has 2 aromatic rings. The molecule has 2 amide bonds. The summed E-state index contributed by atoms with van der Waals surface area (Å²) >= 11 is 0. The zero-order valence-electron chi connectivity index (χ0n) is 19.9. The van der Waals surface area contributed by atoms with Gasteiger partial charge in [-0.25, -0.2) is 4.79 Å².